The van der Waals surface area contributed by atoms with Crippen molar-refractivity contribution in [2.24, 2.45) is 5.92 Å². The number of anilines is 2. The number of nitriles is 1. The molecule has 3 aromatic carbocycles. The van der Waals surface area contributed by atoms with E-state index in [2.05, 4.69) is 10.6 Å². The van der Waals surface area contributed by atoms with Gasteiger partial charge in [-0.3, -0.25) is 9.59 Å². The number of alkyl halides is 2. The molecule has 1 aliphatic rings. The Hall–Kier alpha value is -2.46. The first-order chi connectivity index (χ1) is 16.1. The van der Waals surface area contributed by atoms with Gasteiger partial charge in [-0.2, -0.15) is 5.26 Å². The van der Waals surface area contributed by atoms with Crippen LogP contribution in [0.25, 0.3) is 0 Å². The molecule has 2 unspecified atom stereocenters. The quantitative estimate of drug-likeness (QED) is 0.325. The molecule has 10 heteroatoms. The molecule has 0 radical (unpaired) electrons. The predicted molar refractivity (Wildman–Crippen MR) is 136 cm³/mol. The van der Waals surface area contributed by atoms with Gasteiger partial charge in [-0.1, -0.05) is 34.8 Å². The molecule has 0 saturated heterocycles. The molecule has 0 aliphatic heterocycles. The number of nitrogens with one attached hydrogen (secondary N) is 2. The summed E-state index contributed by atoms with van der Waals surface area (Å²) in [6.07, 6.45) is 0. The molecule has 1 fully saturated rings. The van der Waals surface area contributed by atoms with E-state index in [1.807, 2.05) is 6.07 Å². The summed E-state index contributed by atoms with van der Waals surface area (Å²) in [5.74, 6) is -2.16. The van der Waals surface area contributed by atoms with Gasteiger partial charge >= 0.3 is 0 Å². The van der Waals surface area contributed by atoms with Gasteiger partial charge in [0.05, 0.1) is 28.1 Å². The number of hydrogen-bond donors (Lipinski definition) is 2. The number of rotatable bonds is 5. The van der Waals surface area contributed by atoms with Crippen LogP contribution in [0.15, 0.2) is 60.7 Å². The van der Waals surface area contributed by atoms with Crippen LogP contribution in [0.3, 0.4) is 0 Å². The average molecular weight is 554 g/mol. The Balaban J connectivity index is 1.50. The topological polar surface area (TPSA) is 82.0 Å². The second-order valence-corrected chi connectivity index (χ2v) is 10.4. The summed E-state index contributed by atoms with van der Waals surface area (Å²) < 4.78 is -1.33. The molecule has 0 bridgehead atoms. The Morgan fingerprint density at radius 3 is 2.09 bits per heavy atom. The first kappa shape index (κ1) is 24.7. The van der Waals surface area contributed by atoms with E-state index in [1.54, 1.807) is 48.5 Å². The third kappa shape index (κ3) is 5.12. The second-order valence-electron chi connectivity index (χ2n) is 7.66. The molecule has 3 aromatic rings. The Labute approximate surface area is 220 Å². The van der Waals surface area contributed by atoms with Crippen molar-refractivity contribution in [1.82, 2.24) is 0 Å². The summed E-state index contributed by atoms with van der Waals surface area (Å²) in [7, 11) is 0. The molecule has 2 atom stereocenters. The molecule has 1 aliphatic carbocycles. The van der Waals surface area contributed by atoms with Crippen molar-refractivity contribution >= 4 is 81.2 Å². The van der Waals surface area contributed by atoms with Crippen molar-refractivity contribution in [2.45, 2.75) is 10.3 Å². The van der Waals surface area contributed by atoms with Gasteiger partial charge in [0, 0.05) is 27.3 Å². The molecule has 4 rings (SSSR count). The molecule has 0 heterocycles. The van der Waals surface area contributed by atoms with E-state index in [0.717, 1.165) is 0 Å². The third-order valence-electron chi connectivity index (χ3n) is 5.33. The molecule has 172 valence electrons. The highest BCUT2D eigenvalue weighted by molar-refractivity contribution is 6.53. The van der Waals surface area contributed by atoms with E-state index < -0.39 is 28.0 Å². The maximum atomic E-state index is 13.0. The van der Waals surface area contributed by atoms with Gasteiger partial charge < -0.3 is 10.6 Å². The van der Waals surface area contributed by atoms with Crippen LogP contribution >= 0.6 is 58.0 Å². The van der Waals surface area contributed by atoms with Crippen LogP contribution in [0.2, 0.25) is 15.1 Å². The van der Waals surface area contributed by atoms with E-state index in [9.17, 15) is 9.59 Å². The smallest absolute Gasteiger partial charge is 0.257 e. The molecule has 2 N–H and O–H groups in total. The number of carbonyl (C=O) groups excluding carboxylic acids is 2. The van der Waals surface area contributed by atoms with Gasteiger partial charge in [0.15, 0.2) is 0 Å². The molecular weight excluding hydrogens is 540 g/mol. The van der Waals surface area contributed by atoms with Gasteiger partial charge in [0.25, 0.3) is 5.91 Å². The van der Waals surface area contributed by atoms with E-state index in [0.29, 0.717) is 32.5 Å². The van der Waals surface area contributed by atoms with Crippen molar-refractivity contribution in [3.63, 3.8) is 0 Å². The fourth-order valence-electron chi connectivity index (χ4n) is 3.65. The van der Waals surface area contributed by atoms with Crippen molar-refractivity contribution in [2.75, 3.05) is 10.6 Å². The van der Waals surface area contributed by atoms with Crippen LogP contribution in [0, 0.1) is 17.2 Å². The Kier molecular flexibility index (Phi) is 7.00. The third-order valence-corrected chi connectivity index (χ3v) is 7.04. The van der Waals surface area contributed by atoms with Crippen LogP contribution in [0.5, 0.6) is 0 Å². The molecule has 34 heavy (non-hydrogen) atoms. The number of benzene rings is 3. The average Bonchev–Trinajstić information content (AvgIpc) is 3.37. The zero-order chi connectivity index (χ0) is 24.6. The summed E-state index contributed by atoms with van der Waals surface area (Å²) in [6, 6.07) is 17.8. The molecule has 0 aromatic heterocycles. The van der Waals surface area contributed by atoms with E-state index in [-0.39, 0.29) is 10.6 Å². The summed E-state index contributed by atoms with van der Waals surface area (Å²) in [6.45, 7) is 0. The minimum atomic E-state index is -1.33. The highest BCUT2D eigenvalue weighted by atomic mass is 35.5. The standard InChI is InChI=1S/C24H14Cl5N3O2/c25-14-7-13(8-15(26)9-14)20-21(24(20,28)29)23(34)32-17-5-6-19(27)18(10-17)22(33)31-16-3-1-12(11-30)2-4-16/h1-10,20-21H,(H,31,33)(H,32,34). The van der Waals surface area contributed by atoms with Crippen LogP contribution < -0.4 is 10.6 Å². The fourth-order valence-corrected chi connectivity index (χ4v) is 5.22. The molecule has 5 nitrogen and oxygen atoms in total. The van der Waals surface area contributed by atoms with Crippen LogP contribution in [0.4, 0.5) is 11.4 Å². The van der Waals surface area contributed by atoms with E-state index in [4.69, 9.17) is 63.3 Å². The predicted octanol–water partition coefficient (Wildman–Crippen LogP) is 7.30. The largest absolute Gasteiger partial charge is 0.326 e. The first-order valence-electron chi connectivity index (χ1n) is 9.86. The zero-order valence-corrected chi connectivity index (χ0v) is 20.9. The minimum Gasteiger partial charge on any atom is -0.326 e. The first-order valence-corrected chi connectivity index (χ1v) is 11.7. The molecule has 0 spiro atoms. The summed E-state index contributed by atoms with van der Waals surface area (Å²) in [4.78, 5) is 25.7. The minimum absolute atomic E-state index is 0.154. The van der Waals surface area contributed by atoms with Gasteiger partial charge in [-0.25, -0.2) is 0 Å². The molecular formula is C24H14Cl5N3O2. The lowest BCUT2D eigenvalue weighted by Gasteiger charge is -2.10. The number of halogens is 5. The van der Waals surface area contributed by atoms with Crippen LogP contribution in [-0.4, -0.2) is 16.1 Å². The van der Waals surface area contributed by atoms with Crippen molar-refractivity contribution < 1.29 is 9.59 Å². The number of carbonyl (C=O) groups is 2. The summed E-state index contributed by atoms with van der Waals surface area (Å²) in [5.41, 5.74) is 2.11. The number of hydrogen-bond acceptors (Lipinski definition) is 3. The SMILES string of the molecule is N#Cc1ccc(NC(=O)c2cc(NC(=O)C3C(c4cc(Cl)cc(Cl)c4)C3(Cl)Cl)ccc2Cl)cc1. The van der Waals surface area contributed by atoms with Crippen molar-refractivity contribution in [3.8, 4) is 6.07 Å². The normalized spacial score (nSPS) is 18.0. The maximum Gasteiger partial charge on any atom is 0.257 e. The lowest BCUT2D eigenvalue weighted by Crippen LogP contribution is -2.18. The van der Waals surface area contributed by atoms with Crippen molar-refractivity contribution in [3.05, 3.63) is 92.4 Å². The Morgan fingerprint density at radius 1 is 0.853 bits per heavy atom. The summed E-state index contributed by atoms with van der Waals surface area (Å²) >= 11 is 31.2. The highest BCUT2D eigenvalue weighted by Gasteiger charge is 2.67. The van der Waals surface area contributed by atoms with Crippen LogP contribution in [0.1, 0.15) is 27.4 Å². The van der Waals surface area contributed by atoms with Crippen molar-refractivity contribution in [1.29, 1.82) is 5.26 Å². The highest BCUT2D eigenvalue weighted by Crippen LogP contribution is 2.65. The van der Waals surface area contributed by atoms with Gasteiger partial charge in [-0.15, -0.1) is 23.2 Å². The van der Waals surface area contributed by atoms with Crippen LogP contribution in [-0.2, 0) is 4.79 Å². The molecule has 2 amide bonds. The second kappa shape index (κ2) is 9.65. The fraction of sp³-hybridized carbons (Fsp3) is 0.125. The molecule has 1 saturated carbocycles. The number of amides is 2. The lowest BCUT2D eigenvalue weighted by molar-refractivity contribution is -0.117. The zero-order valence-electron chi connectivity index (χ0n) is 17.1. The Bertz CT molecular complexity index is 1320. The maximum absolute atomic E-state index is 13.0. The number of nitrogens with zero attached hydrogens (tertiary/aromatic N) is 1. The Morgan fingerprint density at radius 2 is 1.47 bits per heavy atom. The van der Waals surface area contributed by atoms with Gasteiger partial charge in [0.2, 0.25) is 5.91 Å². The monoisotopic (exact) mass is 551 g/mol. The van der Waals surface area contributed by atoms with E-state index in [1.165, 1.54) is 12.1 Å². The lowest BCUT2D eigenvalue weighted by atomic mass is 10.1. The van der Waals surface area contributed by atoms with Gasteiger partial charge in [0.1, 0.15) is 4.33 Å². The summed E-state index contributed by atoms with van der Waals surface area (Å²) in [5, 5.41) is 15.4. The van der Waals surface area contributed by atoms with Gasteiger partial charge in [-0.05, 0) is 66.2 Å². The van der Waals surface area contributed by atoms with E-state index >= 15 is 0 Å².